The monoisotopic (exact) mass is 1110 g/mol. The molecule has 7 atom stereocenters. The molecule has 5 unspecified atom stereocenters. The van der Waals surface area contributed by atoms with Gasteiger partial charge >= 0.3 is 18.0 Å². The van der Waals surface area contributed by atoms with Crippen LogP contribution >= 0.6 is 33.2 Å². The number of fused-ring (bicyclic) bond motifs is 5. The number of hydrogen-bond acceptors (Lipinski definition) is 17. The Kier molecular flexibility index (Phi) is 23.2. The first-order chi connectivity index (χ1) is 35.5. The lowest BCUT2D eigenvalue weighted by Gasteiger charge is -2.41. The summed E-state index contributed by atoms with van der Waals surface area (Å²) in [5.41, 5.74) is -0.0342. The number of carbonyl (C=O) groups excluding carboxylic acids is 6. The number of aliphatic carboxylic acids is 1. The van der Waals surface area contributed by atoms with Gasteiger partial charge in [-0.2, -0.15) is 0 Å². The van der Waals surface area contributed by atoms with E-state index in [2.05, 4.69) is 10.6 Å². The van der Waals surface area contributed by atoms with Gasteiger partial charge in [-0.05, 0) is 44.9 Å². The third-order valence-corrected chi connectivity index (χ3v) is 17.2. The van der Waals surface area contributed by atoms with Crippen LogP contribution in [0.3, 0.4) is 0 Å². The lowest BCUT2D eigenvalue weighted by atomic mass is 9.84. The third-order valence-electron chi connectivity index (χ3n) is 14.5. The van der Waals surface area contributed by atoms with Crippen molar-refractivity contribution in [3.63, 3.8) is 0 Å². The third kappa shape index (κ3) is 17.5. The molecule has 0 radical (unpaired) electrons. The largest absolute Gasteiger partial charge is 0.495 e. The average Bonchev–Trinajstić information content (AvgIpc) is 4.05. The predicted octanol–water partition coefficient (Wildman–Crippen LogP) is 4.66. The summed E-state index contributed by atoms with van der Waals surface area (Å²) in [7, 11) is 9.10. The second-order valence-electron chi connectivity index (χ2n) is 20.4. The van der Waals surface area contributed by atoms with Gasteiger partial charge in [0.15, 0.2) is 0 Å². The fourth-order valence-corrected chi connectivity index (χ4v) is 11.5. The number of halogens is 1. The number of likely N-dealkylation sites (N-methyl/N-ethyl adjacent to an activating group) is 1. The second kappa shape index (κ2) is 28.3. The van der Waals surface area contributed by atoms with E-state index in [9.17, 15) is 38.7 Å². The molecule has 418 valence electrons. The molecule has 3 saturated heterocycles. The van der Waals surface area contributed by atoms with Crippen LogP contribution in [0.4, 0.5) is 10.5 Å². The van der Waals surface area contributed by atoms with Crippen molar-refractivity contribution < 1.29 is 62.4 Å². The van der Waals surface area contributed by atoms with E-state index in [0.29, 0.717) is 81.6 Å². The van der Waals surface area contributed by atoms with Crippen LogP contribution in [0.25, 0.3) is 0 Å². The number of ketones is 1. The molecule has 4 aliphatic rings. The maximum atomic E-state index is 14.4. The van der Waals surface area contributed by atoms with Crippen molar-refractivity contribution >= 4 is 80.4 Å². The van der Waals surface area contributed by atoms with Crippen molar-refractivity contribution in [3.8, 4) is 5.75 Å². The molecule has 5 rings (SSSR count). The Balaban J connectivity index is 1.17. The average molecular weight is 1110 g/mol. The molecule has 0 aromatic heterocycles. The Morgan fingerprint density at radius 3 is 2.25 bits per heavy atom. The zero-order valence-electron chi connectivity index (χ0n) is 45.1. The Hall–Kier alpha value is -4.42. The number of nitrogens with one attached hydrogen (secondary N) is 2. The summed E-state index contributed by atoms with van der Waals surface area (Å²) in [6.45, 7) is 14.8. The topological polar surface area (TPSA) is 229 Å². The fraction of sp³-hybridized carbons (Fsp3) is 0.673. The van der Waals surface area contributed by atoms with Crippen molar-refractivity contribution in [2.45, 2.75) is 109 Å². The highest BCUT2D eigenvalue weighted by molar-refractivity contribution is 8.76. The first-order valence-electron chi connectivity index (χ1n) is 25.6. The standard InChI is InChI=1S/C52H78ClN7O13S2/c1-33(2)39(61)30-58-17-19-59(20-22-60(21-18-58)32-46(65)66)31-43(62)54-16-24-75-74-23-14-44(63)56(7)36(5)49(67)72-42-28-45(64)57(8)38-26-37(27-40(69-9)47(38)53)25-34(3)13-11-12-15-52(70-10)29-41(71-50(68)55-52)35(4)48-51(42,6)73-48/h11-13,26-27,33,35-36,41-42,48H,14-25,28-32H2,1-10H3,(H,54,62)(H,55,68)(H,65,66)/b12-11+,34-13+/t35?,36?,41?,42-,48?,51?,52+/m1/s1. The van der Waals surface area contributed by atoms with Gasteiger partial charge in [-0.25, -0.2) is 9.59 Å². The number of methoxy groups -OCH3 is 2. The first kappa shape index (κ1) is 61.4. The number of Topliss-reactive ketones (excluding diaryl/α,β-unsaturated/α-hetero) is 1. The summed E-state index contributed by atoms with van der Waals surface area (Å²) in [6.07, 6.45) is 3.68. The van der Waals surface area contributed by atoms with Crippen LogP contribution < -0.4 is 20.3 Å². The van der Waals surface area contributed by atoms with Gasteiger partial charge in [-0.3, -0.25) is 44.0 Å². The molecule has 0 aliphatic carbocycles. The van der Waals surface area contributed by atoms with Crippen molar-refractivity contribution in [3.05, 3.63) is 46.5 Å². The summed E-state index contributed by atoms with van der Waals surface area (Å²) < 4.78 is 29.9. The number of carboxylic acids is 1. The predicted molar refractivity (Wildman–Crippen MR) is 289 cm³/mol. The maximum absolute atomic E-state index is 14.4. The van der Waals surface area contributed by atoms with E-state index in [-0.39, 0.29) is 67.4 Å². The van der Waals surface area contributed by atoms with Gasteiger partial charge in [0.2, 0.25) is 17.7 Å². The number of amides is 4. The van der Waals surface area contributed by atoms with E-state index < -0.39 is 65.5 Å². The second-order valence-corrected chi connectivity index (χ2v) is 23.4. The highest BCUT2D eigenvalue weighted by atomic mass is 35.5. The first-order valence-corrected chi connectivity index (χ1v) is 28.4. The van der Waals surface area contributed by atoms with Crippen molar-refractivity contribution in [2.75, 3.05) is 110 Å². The van der Waals surface area contributed by atoms with Crippen LogP contribution in [0.1, 0.15) is 72.8 Å². The van der Waals surface area contributed by atoms with E-state index in [4.69, 9.17) is 35.3 Å². The van der Waals surface area contributed by atoms with Crippen molar-refractivity contribution in [1.82, 2.24) is 30.2 Å². The van der Waals surface area contributed by atoms with Crippen molar-refractivity contribution in [1.29, 1.82) is 0 Å². The van der Waals surface area contributed by atoms with E-state index in [1.165, 1.54) is 52.7 Å². The number of epoxide rings is 1. The quantitative estimate of drug-likeness (QED) is 0.0741. The molecule has 0 saturated carbocycles. The number of nitrogens with zero attached hydrogens (tertiary/aromatic N) is 5. The van der Waals surface area contributed by atoms with Gasteiger partial charge in [0.25, 0.3) is 0 Å². The Morgan fingerprint density at radius 2 is 1.63 bits per heavy atom. The van der Waals surface area contributed by atoms with Gasteiger partial charge in [0.1, 0.15) is 46.1 Å². The summed E-state index contributed by atoms with van der Waals surface area (Å²) in [5, 5.41) is 15.5. The van der Waals surface area contributed by atoms with Crippen LogP contribution in [0, 0.1) is 11.8 Å². The minimum Gasteiger partial charge on any atom is -0.495 e. The van der Waals surface area contributed by atoms with E-state index in [0.717, 1.165) is 11.1 Å². The van der Waals surface area contributed by atoms with Gasteiger partial charge in [-0.15, -0.1) is 0 Å². The lowest BCUT2D eigenvalue weighted by Crippen LogP contribution is -2.58. The molecule has 23 heteroatoms. The number of carbonyl (C=O) groups is 7. The van der Waals surface area contributed by atoms with E-state index in [1.807, 2.05) is 72.8 Å². The molecule has 20 nitrogen and oxygen atoms in total. The van der Waals surface area contributed by atoms with Crippen LogP contribution in [0.15, 0.2) is 35.9 Å². The molecule has 4 amide bonds. The number of anilines is 1. The van der Waals surface area contributed by atoms with Crippen LogP contribution in [-0.4, -0.2) is 207 Å². The summed E-state index contributed by atoms with van der Waals surface area (Å²) >= 11 is 6.83. The highest BCUT2D eigenvalue weighted by Gasteiger charge is 2.64. The van der Waals surface area contributed by atoms with Crippen molar-refractivity contribution in [2.24, 2.45) is 11.8 Å². The Bertz CT molecular complexity index is 2280. The number of hydrogen-bond donors (Lipinski definition) is 3. The molecule has 3 fully saturated rings. The highest BCUT2D eigenvalue weighted by Crippen LogP contribution is 2.49. The summed E-state index contributed by atoms with van der Waals surface area (Å²) in [5.74, 6) is -1.61. The molecule has 4 aliphatic heterocycles. The molecule has 4 heterocycles. The minimum absolute atomic E-state index is 0.112. The molecule has 4 bridgehead atoms. The number of alkyl carbamates (subject to hydrolysis) is 1. The summed E-state index contributed by atoms with van der Waals surface area (Å²) in [6, 6.07) is 2.60. The van der Waals surface area contributed by atoms with Crippen LogP contribution in [0.5, 0.6) is 5.75 Å². The zero-order chi connectivity index (χ0) is 55.2. The maximum Gasteiger partial charge on any atom is 0.409 e. The molecular formula is C52H78ClN7O13S2. The van der Waals surface area contributed by atoms with Gasteiger partial charge < -0.3 is 43.9 Å². The van der Waals surface area contributed by atoms with E-state index in [1.54, 1.807) is 20.9 Å². The molecule has 3 N–H and O–H groups in total. The zero-order valence-corrected chi connectivity index (χ0v) is 47.5. The smallest absolute Gasteiger partial charge is 0.409 e. The fourth-order valence-electron chi connectivity index (χ4n) is 9.31. The number of esters is 1. The Labute approximate surface area is 454 Å². The molecule has 0 spiro atoms. The van der Waals surface area contributed by atoms with Gasteiger partial charge in [0.05, 0.1) is 45.0 Å². The number of carboxylic acid groups (broad SMARTS) is 1. The normalized spacial score (nSPS) is 26.9. The SMILES string of the molecule is COc1cc2cc(c1Cl)N(C)C(=O)C[C@@H](OC(=O)C(C)N(C)C(=O)CCSSCCNC(=O)CN1CCN(CC(=O)O)CCN(CC(=O)C(C)C)CC1)C1(C)OC1C(C)C1C[C@@](OC)(C/C=C/C=C(\C)C2)NC(=O)O1. The lowest BCUT2D eigenvalue weighted by molar-refractivity contribution is -0.162. The molecule has 75 heavy (non-hydrogen) atoms. The van der Waals surface area contributed by atoms with E-state index >= 15 is 0 Å². The summed E-state index contributed by atoms with van der Waals surface area (Å²) in [4.78, 5) is 101. The number of allylic oxidation sites excluding steroid dienone is 3. The number of rotatable bonds is 19. The number of benzene rings is 1. The molecular weight excluding hydrogens is 1030 g/mol. The number of ether oxygens (including phenoxy) is 5. The Morgan fingerprint density at radius 1 is 0.987 bits per heavy atom. The van der Waals surface area contributed by atoms with Crippen LogP contribution in [0.2, 0.25) is 5.02 Å². The molecule has 1 aromatic carbocycles. The minimum atomic E-state index is -1.20. The van der Waals surface area contributed by atoms with Gasteiger partial charge in [-0.1, -0.05) is 77.8 Å². The molecule has 1 aromatic rings. The van der Waals surface area contributed by atoms with Crippen LogP contribution in [-0.2, 0) is 54.1 Å². The van der Waals surface area contributed by atoms with Gasteiger partial charge in [0, 0.05) is 110 Å².